The fourth-order valence-electron chi connectivity index (χ4n) is 4.39. The Balaban J connectivity index is 1.69. The second-order valence-corrected chi connectivity index (χ2v) is 8.06. The fourth-order valence-corrected chi connectivity index (χ4v) is 4.76. The number of likely N-dealkylation sites (tertiary alicyclic amines) is 1. The van der Waals surface area contributed by atoms with Crippen molar-refractivity contribution in [2.75, 3.05) is 6.54 Å². The molecule has 4 rings (SSSR count). The van der Waals surface area contributed by atoms with Crippen LogP contribution in [0.3, 0.4) is 0 Å². The largest absolute Gasteiger partial charge is 0.334 e. The second kappa shape index (κ2) is 6.24. The predicted octanol–water partition coefficient (Wildman–Crippen LogP) is 4.02. The summed E-state index contributed by atoms with van der Waals surface area (Å²) < 4.78 is 2.55. The van der Waals surface area contributed by atoms with Crippen LogP contribution >= 0.6 is 15.9 Å². The maximum absolute atomic E-state index is 13.3. The Kier molecular flexibility index (Phi) is 4.18. The minimum absolute atomic E-state index is 0.0491. The van der Waals surface area contributed by atoms with Gasteiger partial charge in [0.25, 0.3) is 5.91 Å². The summed E-state index contributed by atoms with van der Waals surface area (Å²) in [6, 6.07) is 4.00. The Morgan fingerprint density at radius 1 is 1.36 bits per heavy atom. The molecular formula is C19H23BrN4O. The molecule has 1 aliphatic heterocycles. The van der Waals surface area contributed by atoms with Crippen LogP contribution in [0.2, 0.25) is 0 Å². The van der Waals surface area contributed by atoms with Gasteiger partial charge in [-0.25, -0.2) is 9.50 Å². The van der Waals surface area contributed by atoms with Crippen LogP contribution < -0.4 is 0 Å². The molecule has 2 aromatic heterocycles. The number of halogens is 1. The van der Waals surface area contributed by atoms with E-state index < -0.39 is 0 Å². The van der Waals surface area contributed by atoms with Crippen molar-refractivity contribution < 1.29 is 4.79 Å². The van der Waals surface area contributed by atoms with Crippen molar-refractivity contribution in [2.45, 2.75) is 52.0 Å². The lowest BCUT2D eigenvalue weighted by atomic mass is 9.72. The van der Waals surface area contributed by atoms with Crippen molar-refractivity contribution >= 4 is 27.5 Å². The topological polar surface area (TPSA) is 50.5 Å². The summed E-state index contributed by atoms with van der Waals surface area (Å²) in [6.45, 7) is 5.10. The number of amides is 1. The fraction of sp³-hybridized carbons (Fsp3) is 0.526. The van der Waals surface area contributed by atoms with E-state index in [0.29, 0.717) is 5.69 Å². The number of aromatic nitrogens is 3. The zero-order chi connectivity index (χ0) is 17.6. The van der Waals surface area contributed by atoms with Crippen molar-refractivity contribution in [3.63, 3.8) is 0 Å². The third-order valence-electron chi connectivity index (χ3n) is 5.96. The van der Waals surface area contributed by atoms with Gasteiger partial charge in [-0.2, -0.15) is 5.10 Å². The third-order valence-corrected chi connectivity index (χ3v) is 6.34. The maximum Gasteiger partial charge on any atom is 0.272 e. The molecule has 1 amide bonds. The first-order chi connectivity index (χ1) is 12.0. The van der Waals surface area contributed by atoms with Crippen LogP contribution in [-0.4, -0.2) is 38.0 Å². The van der Waals surface area contributed by atoms with Gasteiger partial charge < -0.3 is 4.90 Å². The lowest BCUT2D eigenvalue weighted by Crippen LogP contribution is -2.52. The molecule has 1 spiro atoms. The highest BCUT2D eigenvalue weighted by Crippen LogP contribution is 2.46. The number of carbonyl (C=O) groups excluding carboxylic acids is 1. The van der Waals surface area contributed by atoms with Crippen LogP contribution in [-0.2, 0) is 6.42 Å². The number of piperidine rings is 1. The molecular weight excluding hydrogens is 380 g/mol. The van der Waals surface area contributed by atoms with E-state index in [1.54, 1.807) is 0 Å². The SMILES string of the molecule is CCc1cc(C(=O)N2CCCC3(CC=CC3)C2C)nc2cc(Br)nn12. The smallest absolute Gasteiger partial charge is 0.272 e. The van der Waals surface area contributed by atoms with Crippen LogP contribution in [0.25, 0.3) is 5.65 Å². The molecule has 1 aliphatic carbocycles. The van der Waals surface area contributed by atoms with E-state index in [0.717, 1.165) is 48.2 Å². The first-order valence-corrected chi connectivity index (χ1v) is 9.84. The van der Waals surface area contributed by atoms with E-state index in [1.807, 2.05) is 21.5 Å². The number of fused-ring (bicyclic) bond motifs is 1. The van der Waals surface area contributed by atoms with Gasteiger partial charge in [0.2, 0.25) is 0 Å². The van der Waals surface area contributed by atoms with Crippen LogP contribution in [0.4, 0.5) is 0 Å². The molecule has 1 saturated heterocycles. The molecule has 2 aromatic rings. The van der Waals surface area contributed by atoms with Gasteiger partial charge in [0.1, 0.15) is 10.3 Å². The molecule has 5 nitrogen and oxygen atoms in total. The van der Waals surface area contributed by atoms with Gasteiger partial charge in [0.05, 0.1) is 0 Å². The number of carbonyl (C=O) groups is 1. The van der Waals surface area contributed by atoms with Crippen molar-refractivity contribution in [3.05, 3.63) is 40.3 Å². The molecule has 1 unspecified atom stereocenters. The maximum atomic E-state index is 13.3. The van der Waals surface area contributed by atoms with Gasteiger partial charge in [-0.3, -0.25) is 4.79 Å². The van der Waals surface area contributed by atoms with E-state index in [2.05, 4.69) is 52.0 Å². The Hall–Kier alpha value is -1.69. The number of hydrogen-bond acceptors (Lipinski definition) is 3. The monoisotopic (exact) mass is 402 g/mol. The molecule has 0 aromatic carbocycles. The normalized spacial score (nSPS) is 22.2. The van der Waals surface area contributed by atoms with Crippen LogP contribution in [0, 0.1) is 5.41 Å². The minimum Gasteiger partial charge on any atom is -0.334 e. The van der Waals surface area contributed by atoms with Crippen molar-refractivity contribution in [3.8, 4) is 0 Å². The predicted molar refractivity (Wildman–Crippen MR) is 101 cm³/mol. The number of allylic oxidation sites excluding steroid dienone is 2. The molecule has 0 N–H and O–H groups in total. The molecule has 1 atom stereocenters. The number of hydrogen-bond donors (Lipinski definition) is 0. The summed E-state index contributed by atoms with van der Waals surface area (Å²) in [4.78, 5) is 19.9. The van der Waals surface area contributed by atoms with Gasteiger partial charge >= 0.3 is 0 Å². The summed E-state index contributed by atoms with van der Waals surface area (Å²) in [7, 11) is 0. The van der Waals surface area contributed by atoms with Crippen LogP contribution in [0.1, 0.15) is 55.7 Å². The third kappa shape index (κ3) is 2.71. The zero-order valence-corrected chi connectivity index (χ0v) is 16.3. The van der Waals surface area contributed by atoms with E-state index >= 15 is 0 Å². The summed E-state index contributed by atoms with van der Waals surface area (Å²) in [6.07, 6.45) is 9.78. The van der Waals surface area contributed by atoms with E-state index in [-0.39, 0.29) is 17.4 Å². The average Bonchev–Trinajstić information content (AvgIpc) is 3.22. The van der Waals surface area contributed by atoms with Crippen molar-refractivity contribution in [2.24, 2.45) is 5.41 Å². The Morgan fingerprint density at radius 3 is 2.84 bits per heavy atom. The molecule has 25 heavy (non-hydrogen) atoms. The lowest BCUT2D eigenvalue weighted by Gasteiger charge is -2.46. The minimum atomic E-state index is 0.0491. The summed E-state index contributed by atoms with van der Waals surface area (Å²) in [5, 5.41) is 4.41. The molecule has 132 valence electrons. The summed E-state index contributed by atoms with van der Waals surface area (Å²) in [5.41, 5.74) is 2.48. The molecule has 2 aliphatic rings. The molecule has 0 radical (unpaired) electrons. The van der Waals surface area contributed by atoms with E-state index in [1.165, 1.54) is 6.42 Å². The highest BCUT2D eigenvalue weighted by molar-refractivity contribution is 9.10. The average molecular weight is 403 g/mol. The molecule has 6 heteroatoms. The van der Waals surface area contributed by atoms with Gasteiger partial charge in [0.15, 0.2) is 5.65 Å². The Bertz CT molecular complexity index is 848. The van der Waals surface area contributed by atoms with Gasteiger partial charge in [-0.05, 0) is 66.4 Å². The molecule has 3 heterocycles. The van der Waals surface area contributed by atoms with Gasteiger partial charge in [0, 0.05) is 24.3 Å². The van der Waals surface area contributed by atoms with E-state index in [9.17, 15) is 4.79 Å². The zero-order valence-electron chi connectivity index (χ0n) is 14.7. The highest BCUT2D eigenvalue weighted by atomic mass is 79.9. The Labute approximate surface area is 156 Å². The van der Waals surface area contributed by atoms with Gasteiger partial charge in [-0.15, -0.1) is 0 Å². The quantitative estimate of drug-likeness (QED) is 0.712. The lowest BCUT2D eigenvalue weighted by molar-refractivity contribution is 0.0246. The van der Waals surface area contributed by atoms with Crippen molar-refractivity contribution in [1.29, 1.82) is 0 Å². The van der Waals surface area contributed by atoms with Gasteiger partial charge in [-0.1, -0.05) is 19.1 Å². The Morgan fingerprint density at radius 2 is 2.12 bits per heavy atom. The first kappa shape index (κ1) is 16.8. The summed E-state index contributed by atoms with van der Waals surface area (Å²) in [5.74, 6) is 0.0491. The highest BCUT2D eigenvalue weighted by Gasteiger charge is 2.44. The van der Waals surface area contributed by atoms with Crippen molar-refractivity contribution in [1.82, 2.24) is 19.5 Å². The first-order valence-electron chi connectivity index (χ1n) is 9.05. The number of aryl methyl sites for hydroxylation is 1. The second-order valence-electron chi connectivity index (χ2n) is 7.24. The standard InChI is InChI=1S/C19H23BrN4O/c1-3-14-11-15(21-17-12-16(20)22-24(14)17)18(25)23-10-6-9-19(13(23)2)7-4-5-8-19/h4-5,11-13H,3,6-10H2,1-2H3. The van der Waals surface area contributed by atoms with Crippen LogP contribution in [0.15, 0.2) is 28.9 Å². The molecule has 1 fully saturated rings. The van der Waals surface area contributed by atoms with E-state index in [4.69, 9.17) is 0 Å². The number of rotatable bonds is 2. The molecule has 0 bridgehead atoms. The summed E-state index contributed by atoms with van der Waals surface area (Å²) >= 11 is 3.40. The molecule has 0 saturated carbocycles. The number of nitrogens with zero attached hydrogens (tertiary/aromatic N) is 4. The van der Waals surface area contributed by atoms with Crippen LogP contribution in [0.5, 0.6) is 0 Å².